The van der Waals surface area contributed by atoms with Gasteiger partial charge in [-0.2, -0.15) is 0 Å². The van der Waals surface area contributed by atoms with E-state index in [2.05, 4.69) is 5.29 Å². The Kier molecular flexibility index (Phi) is 1.77. The van der Waals surface area contributed by atoms with Crippen molar-refractivity contribution in [1.29, 1.82) is 0 Å². The SMILES string of the molecule is O=CC1CCCN1N=O. The fourth-order valence-electron chi connectivity index (χ4n) is 1.02. The first-order chi connectivity index (χ1) is 4.38. The maximum atomic E-state index is 10.1. The fourth-order valence-corrected chi connectivity index (χ4v) is 1.02. The summed E-state index contributed by atoms with van der Waals surface area (Å²) in [6, 6.07) is -0.248. The maximum absolute atomic E-state index is 10.1. The van der Waals surface area contributed by atoms with Crippen LogP contribution in [0.15, 0.2) is 5.29 Å². The van der Waals surface area contributed by atoms with Crippen LogP contribution < -0.4 is 0 Å². The topological polar surface area (TPSA) is 49.7 Å². The zero-order valence-electron chi connectivity index (χ0n) is 4.99. The van der Waals surface area contributed by atoms with Crippen molar-refractivity contribution < 1.29 is 4.79 Å². The van der Waals surface area contributed by atoms with E-state index in [0.717, 1.165) is 19.1 Å². The lowest BCUT2D eigenvalue weighted by Gasteiger charge is -2.09. The summed E-state index contributed by atoms with van der Waals surface area (Å²) in [4.78, 5) is 20.0. The second-order valence-electron chi connectivity index (χ2n) is 2.09. The second kappa shape index (κ2) is 2.57. The van der Waals surface area contributed by atoms with Crippen molar-refractivity contribution in [3.8, 4) is 0 Å². The number of aldehydes is 1. The normalized spacial score (nSPS) is 26.2. The van der Waals surface area contributed by atoms with Crippen molar-refractivity contribution in [2.45, 2.75) is 18.9 Å². The molecule has 9 heavy (non-hydrogen) atoms. The second-order valence-corrected chi connectivity index (χ2v) is 2.09. The lowest BCUT2D eigenvalue weighted by molar-refractivity contribution is -0.111. The Bertz CT molecular complexity index is 112. The highest BCUT2D eigenvalue weighted by Gasteiger charge is 2.22. The van der Waals surface area contributed by atoms with Crippen LogP contribution in [0.2, 0.25) is 0 Å². The van der Waals surface area contributed by atoms with Gasteiger partial charge in [-0.1, -0.05) is 0 Å². The third-order valence-electron chi connectivity index (χ3n) is 1.53. The van der Waals surface area contributed by atoms with Gasteiger partial charge in [-0.3, -0.25) is 5.01 Å². The molecule has 0 amide bonds. The monoisotopic (exact) mass is 128 g/mol. The van der Waals surface area contributed by atoms with Gasteiger partial charge < -0.3 is 4.79 Å². The quantitative estimate of drug-likeness (QED) is 0.397. The molecule has 1 rings (SSSR count). The van der Waals surface area contributed by atoms with Gasteiger partial charge in [-0.15, -0.1) is 4.91 Å². The van der Waals surface area contributed by atoms with Crippen LogP contribution in [0, 0.1) is 4.91 Å². The number of hydrogen-bond donors (Lipinski definition) is 0. The summed E-state index contributed by atoms with van der Waals surface area (Å²) in [6.45, 7) is 0.632. The van der Waals surface area contributed by atoms with Crippen molar-refractivity contribution in [3.63, 3.8) is 0 Å². The van der Waals surface area contributed by atoms with Gasteiger partial charge in [0.2, 0.25) is 0 Å². The molecular weight excluding hydrogens is 120 g/mol. The van der Waals surface area contributed by atoms with Crippen LogP contribution in [0.1, 0.15) is 12.8 Å². The predicted octanol–water partition coefficient (Wildman–Crippen LogP) is 0.331. The highest BCUT2D eigenvalue weighted by Crippen LogP contribution is 2.14. The molecule has 0 N–H and O–H groups in total. The van der Waals surface area contributed by atoms with E-state index >= 15 is 0 Å². The number of carbonyl (C=O) groups is 1. The fraction of sp³-hybridized carbons (Fsp3) is 0.800. The van der Waals surface area contributed by atoms with Crippen LogP contribution in [0.25, 0.3) is 0 Å². The smallest absolute Gasteiger partial charge is 0.144 e. The van der Waals surface area contributed by atoms with E-state index in [4.69, 9.17) is 0 Å². The summed E-state index contributed by atoms with van der Waals surface area (Å²) >= 11 is 0. The number of rotatable bonds is 2. The molecule has 0 radical (unpaired) electrons. The largest absolute Gasteiger partial charge is 0.301 e. The van der Waals surface area contributed by atoms with Gasteiger partial charge in [-0.25, -0.2) is 0 Å². The molecule has 1 aliphatic rings. The molecule has 0 aromatic heterocycles. The Morgan fingerprint density at radius 3 is 2.89 bits per heavy atom. The van der Waals surface area contributed by atoms with E-state index in [0.29, 0.717) is 6.54 Å². The van der Waals surface area contributed by atoms with E-state index in [1.54, 1.807) is 0 Å². The molecule has 1 atom stereocenters. The Balaban J connectivity index is 2.50. The molecular formula is C5H8N2O2. The van der Waals surface area contributed by atoms with E-state index in [1.807, 2.05) is 0 Å². The molecule has 4 nitrogen and oxygen atoms in total. The first kappa shape index (κ1) is 6.19. The van der Waals surface area contributed by atoms with Crippen LogP contribution in [0.3, 0.4) is 0 Å². The lowest BCUT2D eigenvalue weighted by atomic mass is 10.2. The highest BCUT2D eigenvalue weighted by molar-refractivity contribution is 5.57. The summed E-state index contributed by atoms with van der Waals surface area (Å²) in [7, 11) is 0. The average molecular weight is 128 g/mol. The van der Waals surface area contributed by atoms with E-state index in [9.17, 15) is 9.70 Å². The number of nitroso groups, excluding NO2 is 1. The van der Waals surface area contributed by atoms with E-state index < -0.39 is 0 Å². The van der Waals surface area contributed by atoms with Gasteiger partial charge in [0.1, 0.15) is 12.3 Å². The van der Waals surface area contributed by atoms with E-state index in [1.165, 1.54) is 5.01 Å². The van der Waals surface area contributed by atoms with Crippen molar-refractivity contribution in [2.75, 3.05) is 6.54 Å². The first-order valence-electron chi connectivity index (χ1n) is 2.93. The zero-order chi connectivity index (χ0) is 6.69. The highest BCUT2D eigenvalue weighted by atomic mass is 16.3. The summed E-state index contributed by atoms with van der Waals surface area (Å²) in [5.74, 6) is 0. The third kappa shape index (κ3) is 1.06. The molecule has 0 aliphatic carbocycles. The summed E-state index contributed by atoms with van der Waals surface area (Å²) in [6.07, 6.45) is 2.44. The van der Waals surface area contributed by atoms with Crippen LogP contribution >= 0.6 is 0 Å². The molecule has 0 bridgehead atoms. The Hall–Kier alpha value is -0.930. The molecule has 4 heteroatoms. The third-order valence-corrected chi connectivity index (χ3v) is 1.53. The van der Waals surface area contributed by atoms with Crippen LogP contribution in [-0.4, -0.2) is 23.9 Å². The van der Waals surface area contributed by atoms with Crippen LogP contribution in [-0.2, 0) is 4.79 Å². The van der Waals surface area contributed by atoms with Gasteiger partial charge in [0.15, 0.2) is 0 Å². The van der Waals surface area contributed by atoms with Crippen molar-refractivity contribution in [1.82, 2.24) is 5.01 Å². The molecule has 1 fully saturated rings. The number of carbonyl (C=O) groups excluding carboxylic acids is 1. The summed E-state index contributed by atoms with van der Waals surface area (Å²) in [5.41, 5.74) is 0. The standard InChI is InChI=1S/C5H8N2O2/c8-4-5-2-1-3-7(5)6-9/h4-5H,1-3H2. The predicted molar refractivity (Wildman–Crippen MR) is 31.6 cm³/mol. The first-order valence-corrected chi connectivity index (χ1v) is 2.93. The Morgan fingerprint density at radius 2 is 2.44 bits per heavy atom. The molecule has 1 saturated heterocycles. The van der Waals surface area contributed by atoms with Crippen molar-refractivity contribution in [2.24, 2.45) is 5.29 Å². The minimum atomic E-state index is -0.248. The van der Waals surface area contributed by atoms with Crippen LogP contribution in [0.4, 0.5) is 0 Å². The average Bonchev–Trinajstić information content (AvgIpc) is 2.33. The molecule has 0 saturated carbocycles. The Labute approximate surface area is 52.8 Å². The molecule has 1 aliphatic heterocycles. The van der Waals surface area contributed by atoms with Crippen LogP contribution in [0.5, 0.6) is 0 Å². The molecule has 1 heterocycles. The summed E-state index contributed by atoms with van der Waals surface area (Å²) in [5, 5.41) is 3.98. The molecule has 1 unspecified atom stereocenters. The van der Waals surface area contributed by atoms with Crippen molar-refractivity contribution in [3.05, 3.63) is 4.91 Å². The number of nitrogens with zero attached hydrogens (tertiary/aromatic N) is 2. The van der Waals surface area contributed by atoms with Crippen molar-refractivity contribution >= 4 is 6.29 Å². The minimum absolute atomic E-state index is 0.248. The lowest BCUT2D eigenvalue weighted by Crippen LogP contribution is -2.24. The molecule has 0 aromatic rings. The molecule has 0 aromatic carbocycles. The Morgan fingerprint density at radius 1 is 1.67 bits per heavy atom. The minimum Gasteiger partial charge on any atom is -0.301 e. The van der Waals surface area contributed by atoms with E-state index in [-0.39, 0.29) is 6.04 Å². The molecule has 0 spiro atoms. The number of hydrogen-bond acceptors (Lipinski definition) is 3. The summed E-state index contributed by atoms with van der Waals surface area (Å²) < 4.78 is 0. The van der Waals surface area contributed by atoms with Gasteiger partial charge in [0.05, 0.1) is 5.29 Å². The van der Waals surface area contributed by atoms with Gasteiger partial charge >= 0.3 is 0 Å². The van der Waals surface area contributed by atoms with Gasteiger partial charge in [0, 0.05) is 6.54 Å². The molecule has 50 valence electrons. The zero-order valence-corrected chi connectivity index (χ0v) is 4.99. The van der Waals surface area contributed by atoms with Gasteiger partial charge in [0.25, 0.3) is 0 Å². The van der Waals surface area contributed by atoms with Gasteiger partial charge in [-0.05, 0) is 12.8 Å². The maximum Gasteiger partial charge on any atom is 0.144 e.